The maximum Gasteiger partial charge on any atom is 0.490 e. The number of nitrogens with zero attached hydrogens (tertiary/aromatic N) is 3. The molecule has 0 spiro atoms. The van der Waals surface area contributed by atoms with Crippen molar-refractivity contribution < 1.29 is 27.9 Å². The summed E-state index contributed by atoms with van der Waals surface area (Å²) < 4.78 is 31.7. The second-order valence-corrected chi connectivity index (χ2v) is 6.49. The standard InChI is InChI=1S/C14H24N4O.C2HF3O2/c15-10-13-8-5-9-17(13)14(19)11-18(16)12-6-3-1-2-4-7-12;3-2(4,5)1(6)7/h12-13H,1-9,11,16H2;(H,6,7). The van der Waals surface area contributed by atoms with E-state index in [-0.39, 0.29) is 18.5 Å². The second-order valence-electron chi connectivity index (χ2n) is 6.49. The van der Waals surface area contributed by atoms with Crippen molar-refractivity contribution >= 4 is 11.9 Å². The Kier molecular flexibility index (Phi) is 8.81. The maximum absolute atomic E-state index is 12.2. The Morgan fingerprint density at radius 2 is 1.69 bits per heavy atom. The van der Waals surface area contributed by atoms with E-state index in [1.54, 1.807) is 9.91 Å². The largest absolute Gasteiger partial charge is 0.490 e. The summed E-state index contributed by atoms with van der Waals surface area (Å²) in [6, 6.07) is 2.29. The molecule has 1 heterocycles. The van der Waals surface area contributed by atoms with Crippen LogP contribution in [-0.2, 0) is 9.59 Å². The third-order valence-electron chi connectivity index (χ3n) is 4.58. The molecule has 0 radical (unpaired) electrons. The number of amides is 1. The van der Waals surface area contributed by atoms with Crippen LogP contribution in [0.4, 0.5) is 13.2 Å². The van der Waals surface area contributed by atoms with E-state index in [1.165, 1.54) is 25.7 Å². The molecule has 1 saturated carbocycles. The molecule has 148 valence electrons. The molecule has 2 fully saturated rings. The summed E-state index contributed by atoms with van der Waals surface area (Å²) in [6.07, 6.45) is 3.79. The van der Waals surface area contributed by atoms with Crippen LogP contribution in [0, 0.1) is 11.3 Å². The molecule has 0 bridgehead atoms. The lowest BCUT2D eigenvalue weighted by atomic mass is 10.1. The Hall–Kier alpha value is -1.86. The molecule has 0 aromatic carbocycles. The molecular weight excluding hydrogens is 353 g/mol. The van der Waals surface area contributed by atoms with Gasteiger partial charge in [0.2, 0.25) is 5.91 Å². The van der Waals surface area contributed by atoms with E-state index in [0.717, 1.165) is 25.7 Å². The Labute approximate surface area is 150 Å². The van der Waals surface area contributed by atoms with E-state index < -0.39 is 12.1 Å². The van der Waals surface area contributed by atoms with Gasteiger partial charge in [0, 0.05) is 12.6 Å². The van der Waals surface area contributed by atoms with Gasteiger partial charge in [-0.2, -0.15) is 18.4 Å². The number of nitriles is 1. The fraction of sp³-hybridized carbons (Fsp3) is 0.812. The van der Waals surface area contributed by atoms with Gasteiger partial charge in [-0.3, -0.25) is 10.6 Å². The molecule has 0 aromatic heterocycles. The summed E-state index contributed by atoms with van der Waals surface area (Å²) in [5.74, 6) is 3.33. The van der Waals surface area contributed by atoms with Gasteiger partial charge in [-0.1, -0.05) is 25.7 Å². The van der Waals surface area contributed by atoms with Crippen molar-refractivity contribution in [3.63, 3.8) is 0 Å². The number of likely N-dealkylation sites (tertiary alicyclic amines) is 1. The molecule has 10 heteroatoms. The average molecular weight is 378 g/mol. The molecule has 1 aliphatic heterocycles. The van der Waals surface area contributed by atoms with Crippen LogP contribution in [-0.4, -0.2) is 58.2 Å². The maximum atomic E-state index is 12.2. The number of carbonyl (C=O) groups is 2. The molecule has 2 rings (SSSR count). The molecule has 26 heavy (non-hydrogen) atoms. The molecule has 1 saturated heterocycles. The summed E-state index contributed by atoms with van der Waals surface area (Å²) in [7, 11) is 0. The first-order valence-corrected chi connectivity index (χ1v) is 8.67. The SMILES string of the molecule is N#CC1CCCN1C(=O)CN(N)C1CCCCCC1.O=C(O)C(F)(F)F. The Balaban J connectivity index is 0.000000412. The Bertz CT molecular complexity index is 514. The number of alkyl halides is 3. The van der Waals surface area contributed by atoms with E-state index in [4.69, 9.17) is 21.0 Å². The lowest BCUT2D eigenvalue weighted by molar-refractivity contribution is -0.192. The van der Waals surface area contributed by atoms with Crippen molar-refractivity contribution in [1.29, 1.82) is 5.26 Å². The summed E-state index contributed by atoms with van der Waals surface area (Å²) in [6.45, 7) is 0.957. The van der Waals surface area contributed by atoms with Gasteiger partial charge in [0.1, 0.15) is 6.04 Å². The number of hydrogen-bond acceptors (Lipinski definition) is 5. The van der Waals surface area contributed by atoms with Crippen LogP contribution in [0.15, 0.2) is 0 Å². The zero-order chi connectivity index (χ0) is 19.7. The number of aliphatic carboxylic acids is 1. The fourth-order valence-electron chi connectivity index (χ4n) is 3.16. The van der Waals surface area contributed by atoms with Gasteiger partial charge in [-0.25, -0.2) is 9.80 Å². The summed E-state index contributed by atoms with van der Waals surface area (Å²) in [5.41, 5.74) is 0. The van der Waals surface area contributed by atoms with Crippen LogP contribution in [0.5, 0.6) is 0 Å². The first kappa shape index (κ1) is 22.2. The smallest absolute Gasteiger partial charge is 0.475 e. The van der Waals surface area contributed by atoms with Gasteiger partial charge in [-0.05, 0) is 25.7 Å². The monoisotopic (exact) mass is 378 g/mol. The van der Waals surface area contributed by atoms with Crippen molar-refractivity contribution in [3.8, 4) is 6.07 Å². The average Bonchev–Trinajstić information content (AvgIpc) is 2.88. The van der Waals surface area contributed by atoms with Gasteiger partial charge >= 0.3 is 12.1 Å². The zero-order valence-corrected chi connectivity index (χ0v) is 14.5. The van der Waals surface area contributed by atoms with Gasteiger partial charge in [0.25, 0.3) is 0 Å². The number of hydrazine groups is 1. The molecule has 1 amide bonds. The molecule has 0 aromatic rings. The van der Waals surface area contributed by atoms with Crippen molar-refractivity contribution in [2.24, 2.45) is 5.84 Å². The third-order valence-corrected chi connectivity index (χ3v) is 4.58. The van der Waals surface area contributed by atoms with Gasteiger partial charge in [0.05, 0.1) is 12.6 Å². The zero-order valence-electron chi connectivity index (χ0n) is 14.5. The first-order valence-electron chi connectivity index (χ1n) is 8.67. The molecule has 7 nitrogen and oxygen atoms in total. The highest BCUT2D eigenvalue weighted by molar-refractivity contribution is 5.79. The first-order chi connectivity index (χ1) is 12.2. The predicted molar refractivity (Wildman–Crippen MR) is 86.4 cm³/mol. The van der Waals surface area contributed by atoms with E-state index in [2.05, 4.69) is 6.07 Å². The highest BCUT2D eigenvalue weighted by atomic mass is 19.4. The van der Waals surface area contributed by atoms with Crippen molar-refractivity contribution in [2.45, 2.75) is 69.6 Å². The number of carboxylic acids is 1. The van der Waals surface area contributed by atoms with Crippen LogP contribution >= 0.6 is 0 Å². The molecule has 3 N–H and O–H groups in total. The number of carbonyl (C=O) groups excluding carboxylic acids is 1. The lowest BCUT2D eigenvalue weighted by Gasteiger charge is -2.28. The number of carboxylic acid groups (broad SMARTS) is 1. The van der Waals surface area contributed by atoms with Gasteiger partial charge in [-0.15, -0.1) is 0 Å². The second kappa shape index (κ2) is 10.3. The summed E-state index contributed by atoms with van der Waals surface area (Å²) in [4.78, 5) is 22.8. The predicted octanol–water partition coefficient (Wildman–Crippen LogP) is 2.03. The normalized spacial score (nSPS) is 21.5. The van der Waals surface area contributed by atoms with Crippen LogP contribution in [0.1, 0.15) is 51.4 Å². The molecule has 1 atom stereocenters. The summed E-state index contributed by atoms with van der Waals surface area (Å²) >= 11 is 0. The van der Waals surface area contributed by atoms with E-state index in [1.807, 2.05) is 0 Å². The molecule has 1 aliphatic carbocycles. The van der Waals surface area contributed by atoms with Crippen molar-refractivity contribution in [3.05, 3.63) is 0 Å². The van der Waals surface area contributed by atoms with Crippen molar-refractivity contribution in [2.75, 3.05) is 13.1 Å². The van der Waals surface area contributed by atoms with Gasteiger partial charge in [0.15, 0.2) is 0 Å². The summed E-state index contributed by atoms with van der Waals surface area (Å²) in [5, 5.41) is 17.9. The molecular formula is C16H25F3N4O3. The number of nitrogens with two attached hydrogens (primary N) is 1. The van der Waals surface area contributed by atoms with Gasteiger partial charge < -0.3 is 10.0 Å². The minimum absolute atomic E-state index is 0.01000. The van der Waals surface area contributed by atoms with Crippen LogP contribution in [0.25, 0.3) is 0 Å². The van der Waals surface area contributed by atoms with Crippen LogP contribution in [0.3, 0.4) is 0 Å². The van der Waals surface area contributed by atoms with E-state index >= 15 is 0 Å². The van der Waals surface area contributed by atoms with Crippen molar-refractivity contribution in [1.82, 2.24) is 9.91 Å². The van der Waals surface area contributed by atoms with E-state index in [0.29, 0.717) is 12.6 Å². The Morgan fingerprint density at radius 1 is 1.15 bits per heavy atom. The highest BCUT2D eigenvalue weighted by Crippen LogP contribution is 2.21. The third kappa shape index (κ3) is 7.17. The topological polar surface area (TPSA) is 111 Å². The minimum atomic E-state index is -5.08. The quantitative estimate of drug-likeness (QED) is 0.442. The number of halogens is 3. The number of rotatable bonds is 3. The minimum Gasteiger partial charge on any atom is -0.475 e. The van der Waals surface area contributed by atoms with Crippen LogP contribution < -0.4 is 5.84 Å². The van der Waals surface area contributed by atoms with Crippen LogP contribution in [0.2, 0.25) is 0 Å². The van der Waals surface area contributed by atoms with E-state index in [9.17, 15) is 18.0 Å². The fourth-order valence-corrected chi connectivity index (χ4v) is 3.16. The highest BCUT2D eigenvalue weighted by Gasteiger charge is 2.38. The number of hydrogen-bond donors (Lipinski definition) is 2. The Morgan fingerprint density at radius 3 is 2.15 bits per heavy atom. The lowest BCUT2D eigenvalue weighted by Crippen LogP contribution is -2.49. The molecule has 1 unspecified atom stereocenters. The molecule has 2 aliphatic rings.